The van der Waals surface area contributed by atoms with Crippen LogP contribution in [-0.4, -0.2) is 20.8 Å². The van der Waals surface area contributed by atoms with Gasteiger partial charge in [-0.3, -0.25) is 9.78 Å². The molecule has 1 N–H and O–H groups in total. The second-order valence-electron chi connectivity index (χ2n) is 5.99. The van der Waals surface area contributed by atoms with Gasteiger partial charge >= 0.3 is 0 Å². The monoisotopic (exact) mass is 298 g/mol. The van der Waals surface area contributed by atoms with Crippen LogP contribution in [0.5, 0.6) is 0 Å². The SMILES string of the molecule is CC(NC1CCC(n2ncccc2=O)CC1)c1cccnc1. The maximum absolute atomic E-state index is 11.8. The summed E-state index contributed by atoms with van der Waals surface area (Å²) in [5, 5.41) is 7.88. The molecule has 0 bridgehead atoms. The van der Waals surface area contributed by atoms with Crippen molar-refractivity contribution in [1.29, 1.82) is 0 Å². The fraction of sp³-hybridized carbons (Fsp3) is 0.471. The first kappa shape index (κ1) is 14.9. The first-order valence-corrected chi connectivity index (χ1v) is 7.94. The number of nitrogens with one attached hydrogen (secondary N) is 1. The standard InChI is InChI=1S/C17H22N4O/c1-13(14-4-2-10-18-12-14)20-15-6-8-16(9-7-15)21-17(22)5-3-11-19-21/h2-5,10-13,15-16,20H,6-9H2,1H3. The van der Waals surface area contributed by atoms with Crippen molar-refractivity contribution in [2.24, 2.45) is 0 Å². The smallest absolute Gasteiger partial charge is 0.266 e. The molecule has 1 atom stereocenters. The average Bonchev–Trinajstić information content (AvgIpc) is 2.57. The van der Waals surface area contributed by atoms with Gasteiger partial charge in [0.15, 0.2) is 0 Å². The molecule has 0 amide bonds. The van der Waals surface area contributed by atoms with Crippen LogP contribution in [0, 0.1) is 0 Å². The molecule has 22 heavy (non-hydrogen) atoms. The first-order chi connectivity index (χ1) is 10.7. The molecule has 1 fully saturated rings. The van der Waals surface area contributed by atoms with Crippen LogP contribution in [-0.2, 0) is 0 Å². The molecular weight excluding hydrogens is 276 g/mol. The molecule has 1 aliphatic carbocycles. The molecule has 0 spiro atoms. The van der Waals surface area contributed by atoms with Gasteiger partial charge in [-0.15, -0.1) is 0 Å². The van der Waals surface area contributed by atoms with Gasteiger partial charge < -0.3 is 5.32 Å². The van der Waals surface area contributed by atoms with E-state index in [4.69, 9.17) is 0 Å². The van der Waals surface area contributed by atoms with Crippen LogP contribution in [0.15, 0.2) is 47.7 Å². The minimum absolute atomic E-state index is 0.00244. The van der Waals surface area contributed by atoms with Gasteiger partial charge in [0.2, 0.25) is 0 Å². The van der Waals surface area contributed by atoms with Crippen molar-refractivity contribution >= 4 is 0 Å². The molecule has 1 saturated carbocycles. The highest BCUT2D eigenvalue weighted by Gasteiger charge is 2.24. The van der Waals surface area contributed by atoms with Crippen molar-refractivity contribution < 1.29 is 0 Å². The van der Waals surface area contributed by atoms with E-state index in [-0.39, 0.29) is 11.6 Å². The Bertz CT molecular complexity index is 647. The first-order valence-electron chi connectivity index (χ1n) is 7.94. The Hall–Kier alpha value is -2.01. The van der Waals surface area contributed by atoms with Crippen LogP contribution >= 0.6 is 0 Å². The fourth-order valence-electron chi connectivity index (χ4n) is 3.21. The van der Waals surface area contributed by atoms with Crippen LogP contribution in [0.4, 0.5) is 0 Å². The third kappa shape index (κ3) is 3.42. The van der Waals surface area contributed by atoms with Gasteiger partial charge in [-0.1, -0.05) is 6.07 Å². The van der Waals surface area contributed by atoms with E-state index in [0.717, 1.165) is 25.7 Å². The van der Waals surface area contributed by atoms with E-state index in [1.807, 2.05) is 12.3 Å². The molecule has 2 heterocycles. The Labute approximate surface area is 130 Å². The van der Waals surface area contributed by atoms with E-state index in [9.17, 15) is 4.79 Å². The number of rotatable bonds is 4. The van der Waals surface area contributed by atoms with Crippen molar-refractivity contribution in [2.45, 2.75) is 50.7 Å². The van der Waals surface area contributed by atoms with Gasteiger partial charge in [0.25, 0.3) is 5.56 Å². The zero-order valence-electron chi connectivity index (χ0n) is 12.9. The predicted octanol–water partition coefficient (Wildman–Crippen LogP) is 2.47. The van der Waals surface area contributed by atoms with Gasteiger partial charge in [0.05, 0.1) is 6.04 Å². The number of pyridine rings is 1. The third-order valence-electron chi connectivity index (χ3n) is 4.45. The molecule has 0 radical (unpaired) electrons. The predicted molar refractivity (Wildman–Crippen MR) is 85.6 cm³/mol. The lowest BCUT2D eigenvalue weighted by Crippen LogP contribution is -2.37. The van der Waals surface area contributed by atoms with E-state index >= 15 is 0 Å². The highest BCUT2D eigenvalue weighted by molar-refractivity contribution is 5.13. The zero-order chi connectivity index (χ0) is 15.4. The van der Waals surface area contributed by atoms with E-state index < -0.39 is 0 Å². The summed E-state index contributed by atoms with van der Waals surface area (Å²) in [6.45, 7) is 2.17. The lowest BCUT2D eigenvalue weighted by Gasteiger charge is -2.31. The number of aromatic nitrogens is 3. The lowest BCUT2D eigenvalue weighted by molar-refractivity contribution is 0.259. The van der Waals surface area contributed by atoms with Crippen molar-refractivity contribution in [3.8, 4) is 0 Å². The molecule has 3 rings (SSSR count). The number of hydrogen-bond donors (Lipinski definition) is 1. The molecule has 2 aromatic heterocycles. The van der Waals surface area contributed by atoms with Crippen molar-refractivity contribution in [3.05, 3.63) is 58.8 Å². The molecule has 5 nitrogen and oxygen atoms in total. The summed E-state index contributed by atoms with van der Waals surface area (Å²) in [4.78, 5) is 16.0. The molecule has 2 aromatic rings. The Morgan fingerprint density at radius 3 is 2.64 bits per heavy atom. The summed E-state index contributed by atoms with van der Waals surface area (Å²) in [5.74, 6) is 0. The Kier molecular flexibility index (Phi) is 4.63. The Balaban J connectivity index is 1.56. The molecule has 0 saturated heterocycles. The van der Waals surface area contributed by atoms with Crippen molar-refractivity contribution in [1.82, 2.24) is 20.1 Å². The molecular formula is C17H22N4O. The van der Waals surface area contributed by atoms with E-state index in [1.54, 1.807) is 29.2 Å². The Morgan fingerprint density at radius 1 is 1.18 bits per heavy atom. The Morgan fingerprint density at radius 2 is 1.95 bits per heavy atom. The summed E-state index contributed by atoms with van der Waals surface area (Å²) in [7, 11) is 0. The second-order valence-corrected chi connectivity index (χ2v) is 5.99. The van der Waals surface area contributed by atoms with Gasteiger partial charge in [-0.25, -0.2) is 4.68 Å². The van der Waals surface area contributed by atoms with E-state index in [1.165, 1.54) is 5.56 Å². The largest absolute Gasteiger partial charge is 0.307 e. The summed E-state index contributed by atoms with van der Waals surface area (Å²) in [6, 6.07) is 8.38. The minimum atomic E-state index is 0.00244. The van der Waals surface area contributed by atoms with Crippen LogP contribution < -0.4 is 10.9 Å². The maximum atomic E-state index is 11.8. The number of hydrogen-bond acceptors (Lipinski definition) is 4. The molecule has 1 aliphatic rings. The molecule has 0 aliphatic heterocycles. The number of nitrogens with zero attached hydrogens (tertiary/aromatic N) is 3. The van der Waals surface area contributed by atoms with Crippen LogP contribution in [0.2, 0.25) is 0 Å². The quantitative estimate of drug-likeness (QED) is 0.942. The summed E-state index contributed by atoms with van der Waals surface area (Å²) < 4.78 is 1.64. The van der Waals surface area contributed by atoms with Gasteiger partial charge in [0, 0.05) is 36.7 Å². The lowest BCUT2D eigenvalue weighted by atomic mass is 9.90. The summed E-state index contributed by atoms with van der Waals surface area (Å²) in [6.07, 6.45) is 9.53. The van der Waals surface area contributed by atoms with Crippen LogP contribution in [0.25, 0.3) is 0 Å². The minimum Gasteiger partial charge on any atom is -0.307 e. The summed E-state index contributed by atoms with van der Waals surface area (Å²) >= 11 is 0. The van der Waals surface area contributed by atoms with Crippen LogP contribution in [0.1, 0.15) is 50.3 Å². The van der Waals surface area contributed by atoms with Gasteiger partial charge in [-0.05, 0) is 50.3 Å². The molecule has 5 heteroatoms. The fourth-order valence-corrected chi connectivity index (χ4v) is 3.21. The normalized spacial score (nSPS) is 23.1. The van der Waals surface area contributed by atoms with E-state index in [2.05, 4.69) is 28.4 Å². The van der Waals surface area contributed by atoms with Crippen LogP contribution in [0.3, 0.4) is 0 Å². The topological polar surface area (TPSA) is 59.8 Å². The van der Waals surface area contributed by atoms with Gasteiger partial charge in [0.1, 0.15) is 0 Å². The third-order valence-corrected chi connectivity index (χ3v) is 4.45. The zero-order valence-corrected chi connectivity index (χ0v) is 12.9. The second kappa shape index (κ2) is 6.83. The molecule has 0 aromatic carbocycles. The highest BCUT2D eigenvalue weighted by atomic mass is 16.1. The summed E-state index contributed by atoms with van der Waals surface area (Å²) in [5.41, 5.74) is 1.22. The highest BCUT2D eigenvalue weighted by Crippen LogP contribution is 2.28. The molecule has 1 unspecified atom stereocenters. The maximum Gasteiger partial charge on any atom is 0.266 e. The van der Waals surface area contributed by atoms with E-state index in [0.29, 0.717) is 12.1 Å². The van der Waals surface area contributed by atoms with Crippen molar-refractivity contribution in [3.63, 3.8) is 0 Å². The molecule has 116 valence electrons. The van der Waals surface area contributed by atoms with Gasteiger partial charge in [-0.2, -0.15) is 5.10 Å². The average molecular weight is 298 g/mol. The van der Waals surface area contributed by atoms with Crippen molar-refractivity contribution in [2.75, 3.05) is 0 Å².